The number of hydrogen-bond acceptors (Lipinski definition) is 3. The lowest BCUT2D eigenvalue weighted by molar-refractivity contribution is 0.0595. The molecule has 4 nitrogen and oxygen atoms in total. The molecule has 2 aromatic heterocycles. The van der Waals surface area contributed by atoms with Gasteiger partial charge < -0.3 is 9.72 Å². The monoisotopic (exact) mass is 254 g/mol. The number of ether oxygens (including phenoxy) is 1. The number of esters is 1. The molecule has 0 aliphatic heterocycles. The van der Waals surface area contributed by atoms with E-state index in [2.05, 4.69) is 30.6 Å². The van der Waals surface area contributed by atoms with Crippen LogP contribution in [0.4, 0.5) is 0 Å². The van der Waals surface area contributed by atoms with Gasteiger partial charge in [-0.15, -0.1) is 0 Å². The maximum Gasteiger partial charge on any atom is 0.354 e. The minimum Gasteiger partial charge on any atom is -0.464 e. The van der Waals surface area contributed by atoms with Gasteiger partial charge in [0.05, 0.1) is 7.11 Å². The average molecular weight is 255 g/mol. The Labute approximate surface area is 88.4 Å². The molecule has 0 radical (unpaired) electrons. The summed E-state index contributed by atoms with van der Waals surface area (Å²) in [5.41, 5.74) is 1.07. The van der Waals surface area contributed by atoms with Crippen molar-refractivity contribution in [2.24, 2.45) is 0 Å². The molecule has 0 bridgehead atoms. The number of carbonyl (C=O) groups is 1. The number of H-pyrrole nitrogens is 1. The van der Waals surface area contributed by atoms with Crippen LogP contribution < -0.4 is 0 Å². The van der Waals surface area contributed by atoms with Gasteiger partial charge in [0, 0.05) is 16.1 Å². The summed E-state index contributed by atoms with van der Waals surface area (Å²) in [6, 6.07) is 3.52. The van der Waals surface area contributed by atoms with Crippen molar-refractivity contribution in [3.05, 3.63) is 28.5 Å². The van der Waals surface area contributed by atoms with Gasteiger partial charge in [-0.1, -0.05) is 0 Å². The standard InChI is InChI=1S/C9H7BrN2O2/c1-14-9(13)7-4-5-6(10)2-3-11-8(5)12-7/h2-4H,1H3,(H,11,12). The van der Waals surface area contributed by atoms with Crippen LogP contribution in [0.15, 0.2) is 22.8 Å². The number of nitrogens with one attached hydrogen (secondary N) is 1. The number of carbonyl (C=O) groups excluding carboxylic acids is 1. The maximum atomic E-state index is 11.2. The van der Waals surface area contributed by atoms with Gasteiger partial charge in [-0.2, -0.15) is 0 Å². The summed E-state index contributed by atoms with van der Waals surface area (Å²) >= 11 is 3.37. The van der Waals surface area contributed by atoms with E-state index in [1.54, 1.807) is 12.3 Å². The molecule has 5 heteroatoms. The van der Waals surface area contributed by atoms with Crippen molar-refractivity contribution in [1.82, 2.24) is 9.97 Å². The first-order valence-corrected chi connectivity index (χ1v) is 4.73. The summed E-state index contributed by atoms with van der Waals surface area (Å²) in [7, 11) is 1.34. The van der Waals surface area contributed by atoms with Gasteiger partial charge in [0.2, 0.25) is 0 Å². The Kier molecular flexibility index (Phi) is 2.25. The van der Waals surface area contributed by atoms with Crippen molar-refractivity contribution < 1.29 is 9.53 Å². The van der Waals surface area contributed by atoms with Crippen LogP contribution in [0.2, 0.25) is 0 Å². The zero-order valence-corrected chi connectivity index (χ0v) is 8.96. The molecule has 0 atom stereocenters. The number of aromatic amines is 1. The van der Waals surface area contributed by atoms with Crippen LogP contribution in [0.25, 0.3) is 11.0 Å². The second-order valence-electron chi connectivity index (χ2n) is 2.73. The molecule has 0 aromatic carbocycles. The van der Waals surface area contributed by atoms with Crippen LogP contribution in [-0.4, -0.2) is 23.0 Å². The Morgan fingerprint density at radius 3 is 3.07 bits per heavy atom. The van der Waals surface area contributed by atoms with E-state index in [0.29, 0.717) is 11.3 Å². The minimum atomic E-state index is -0.394. The first-order valence-electron chi connectivity index (χ1n) is 3.94. The van der Waals surface area contributed by atoms with Crippen LogP contribution >= 0.6 is 15.9 Å². The SMILES string of the molecule is COC(=O)c1cc2c(Br)ccnc2[nH]1. The van der Waals surface area contributed by atoms with Gasteiger partial charge in [0.25, 0.3) is 0 Å². The highest BCUT2D eigenvalue weighted by Gasteiger charge is 2.11. The number of pyridine rings is 1. The summed E-state index contributed by atoms with van der Waals surface area (Å²) in [6.07, 6.45) is 1.66. The van der Waals surface area contributed by atoms with Crippen molar-refractivity contribution in [2.75, 3.05) is 7.11 Å². The Morgan fingerprint density at radius 2 is 2.43 bits per heavy atom. The fourth-order valence-electron chi connectivity index (χ4n) is 1.21. The van der Waals surface area contributed by atoms with Gasteiger partial charge in [0.15, 0.2) is 0 Å². The number of rotatable bonds is 1. The summed E-state index contributed by atoms with van der Waals surface area (Å²) < 4.78 is 5.49. The highest BCUT2D eigenvalue weighted by Crippen LogP contribution is 2.22. The van der Waals surface area contributed by atoms with Crippen molar-refractivity contribution in [2.45, 2.75) is 0 Å². The summed E-state index contributed by atoms with van der Waals surface area (Å²) in [5, 5.41) is 0.868. The van der Waals surface area contributed by atoms with E-state index in [9.17, 15) is 4.79 Å². The lowest BCUT2D eigenvalue weighted by Gasteiger charge is -1.91. The normalized spacial score (nSPS) is 10.4. The topological polar surface area (TPSA) is 55.0 Å². The molecule has 0 amide bonds. The van der Waals surface area contributed by atoms with Crippen molar-refractivity contribution in [3.63, 3.8) is 0 Å². The maximum absolute atomic E-state index is 11.2. The number of halogens is 1. The second-order valence-corrected chi connectivity index (χ2v) is 3.58. The molecule has 0 aliphatic carbocycles. The van der Waals surface area contributed by atoms with E-state index >= 15 is 0 Å². The Hall–Kier alpha value is -1.36. The smallest absolute Gasteiger partial charge is 0.354 e. The van der Waals surface area contributed by atoms with Gasteiger partial charge in [-0.25, -0.2) is 9.78 Å². The molecule has 72 valence electrons. The third-order valence-corrected chi connectivity index (χ3v) is 2.58. The van der Waals surface area contributed by atoms with E-state index in [-0.39, 0.29) is 0 Å². The average Bonchev–Trinajstić information content (AvgIpc) is 2.62. The molecule has 1 N–H and O–H groups in total. The number of methoxy groups -OCH3 is 1. The lowest BCUT2D eigenvalue weighted by atomic mass is 10.3. The van der Waals surface area contributed by atoms with Crippen molar-refractivity contribution >= 4 is 32.9 Å². The molecule has 2 heterocycles. The van der Waals surface area contributed by atoms with E-state index in [4.69, 9.17) is 0 Å². The number of fused-ring (bicyclic) bond motifs is 1. The van der Waals surface area contributed by atoms with Crippen LogP contribution in [0, 0.1) is 0 Å². The Morgan fingerprint density at radius 1 is 1.64 bits per heavy atom. The second kappa shape index (κ2) is 3.42. The molecule has 0 saturated carbocycles. The van der Waals surface area contributed by atoms with Crippen molar-refractivity contribution in [3.8, 4) is 0 Å². The molecule has 2 rings (SSSR count). The molecular formula is C9H7BrN2O2. The first kappa shape index (κ1) is 9.21. The van der Waals surface area contributed by atoms with Gasteiger partial charge in [0.1, 0.15) is 11.3 Å². The third-order valence-electron chi connectivity index (χ3n) is 1.88. The van der Waals surface area contributed by atoms with E-state index in [0.717, 1.165) is 9.86 Å². The zero-order valence-electron chi connectivity index (χ0n) is 7.37. The largest absolute Gasteiger partial charge is 0.464 e. The summed E-state index contributed by atoms with van der Waals surface area (Å²) in [6.45, 7) is 0. The summed E-state index contributed by atoms with van der Waals surface area (Å²) in [5.74, 6) is -0.394. The summed E-state index contributed by atoms with van der Waals surface area (Å²) in [4.78, 5) is 18.2. The highest BCUT2D eigenvalue weighted by molar-refractivity contribution is 9.10. The fourth-order valence-corrected chi connectivity index (χ4v) is 1.63. The number of aromatic nitrogens is 2. The predicted octanol–water partition coefficient (Wildman–Crippen LogP) is 2.11. The van der Waals surface area contributed by atoms with Gasteiger partial charge in [-0.3, -0.25) is 0 Å². The number of hydrogen-bond donors (Lipinski definition) is 1. The minimum absolute atomic E-state index is 0.394. The van der Waals surface area contributed by atoms with Crippen LogP contribution in [0.1, 0.15) is 10.5 Å². The molecule has 14 heavy (non-hydrogen) atoms. The molecule has 0 fully saturated rings. The lowest BCUT2D eigenvalue weighted by Crippen LogP contribution is -2.00. The van der Waals surface area contributed by atoms with Crippen LogP contribution in [0.3, 0.4) is 0 Å². The molecular weight excluding hydrogens is 248 g/mol. The quantitative estimate of drug-likeness (QED) is 0.794. The third kappa shape index (κ3) is 1.39. The van der Waals surface area contributed by atoms with Crippen molar-refractivity contribution in [1.29, 1.82) is 0 Å². The Bertz CT molecular complexity index is 493. The van der Waals surface area contributed by atoms with Crippen LogP contribution in [-0.2, 0) is 4.74 Å². The van der Waals surface area contributed by atoms with E-state index in [1.165, 1.54) is 7.11 Å². The van der Waals surface area contributed by atoms with Gasteiger partial charge >= 0.3 is 5.97 Å². The molecule has 0 unspecified atom stereocenters. The van der Waals surface area contributed by atoms with Crippen LogP contribution in [0.5, 0.6) is 0 Å². The molecule has 0 aliphatic rings. The molecule has 2 aromatic rings. The number of nitrogens with zero attached hydrogens (tertiary/aromatic N) is 1. The molecule has 0 spiro atoms. The van der Waals surface area contributed by atoms with E-state index in [1.807, 2.05) is 6.07 Å². The first-order chi connectivity index (χ1) is 6.72. The Balaban J connectivity index is 2.62. The van der Waals surface area contributed by atoms with E-state index < -0.39 is 5.97 Å². The zero-order chi connectivity index (χ0) is 10.1. The predicted molar refractivity (Wildman–Crippen MR) is 55.1 cm³/mol. The fraction of sp³-hybridized carbons (Fsp3) is 0.111. The van der Waals surface area contributed by atoms with Gasteiger partial charge in [-0.05, 0) is 28.1 Å². The molecule has 0 saturated heterocycles. The highest BCUT2D eigenvalue weighted by atomic mass is 79.9.